The third kappa shape index (κ3) is 2.26. The van der Waals surface area contributed by atoms with Crippen LogP contribution >= 0.6 is 22.9 Å². The Morgan fingerprint density at radius 3 is 2.60 bits per heavy atom. The number of carbonyl (C=O) groups is 1. The van der Waals surface area contributed by atoms with Crippen molar-refractivity contribution in [1.82, 2.24) is 0 Å². The standard InChI is InChI=1S/C12H15ClOS/c1-8-7-15-12(10(8)13)11(14)9-5-3-2-4-6-9/h7,9H,2-6H2,1H3. The van der Waals surface area contributed by atoms with Crippen molar-refractivity contribution in [3.63, 3.8) is 0 Å². The number of hydrogen-bond donors (Lipinski definition) is 0. The van der Waals surface area contributed by atoms with Gasteiger partial charge in [0.15, 0.2) is 5.78 Å². The van der Waals surface area contributed by atoms with Crippen LogP contribution in [0.2, 0.25) is 5.02 Å². The average Bonchev–Trinajstić information content (AvgIpc) is 2.60. The first-order valence-corrected chi connectivity index (χ1v) is 6.73. The molecule has 2 rings (SSSR count). The van der Waals surface area contributed by atoms with Crippen molar-refractivity contribution < 1.29 is 4.79 Å². The van der Waals surface area contributed by atoms with E-state index in [1.54, 1.807) is 0 Å². The maximum absolute atomic E-state index is 12.2. The second-order valence-corrected chi connectivity index (χ2v) is 5.52. The quantitative estimate of drug-likeness (QED) is 0.700. The predicted molar refractivity (Wildman–Crippen MR) is 65.0 cm³/mol. The van der Waals surface area contributed by atoms with Gasteiger partial charge in [-0.3, -0.25) is 4.79 Å². The van der Waals surface area contributed by atoms with Crippen molar-refractivity contribution in [2.24, 2.45) is 5.92 Å². The molecule has 1 aromatic rings. The van der Waals surface area contributed by atoms with Gasteiger partial charge in [0.1, 0.15) is 0 Å². The number of carbonyl (C=O) groups excluding carboxylic acids is 1. The van der Waals surface area contributed by atoms with Crippen molar-refractivity contribution in [3.8, 4) is 0 Å². The monoisotopic (exact) mass is 242 g/mol. The lowest BCUT2D eigenvalue weighted by molar-refractivity contribution is 0.0894. The Labute approximate surface area is 99.5 Å². The first kappa shape index (κ1) is 11.2. The molecule has 1 nitrogen and oxygen atoms in total. The van der Waals surface area contributed by atoms with Crippen LogP contribution in [0, 0.1) is 12.8 Å². The van der Waals surface area contributed by atoms with E-state index in [2.05, 4.69) is 0 Å². The molecule has 1 aliphatic carbocycles. The van der Waals surface area contributed by atoms with E-state index in [4.69, 9.17) is 11.6 Å². The minimum atomic E-state index is 0.231. The number of thiophene rings is 1. The van der Waals surface area contributed by atoms with E-state index in [1.165, 1.54) is 30.6 Å². The van der Waals surface area contributed by atoms with Crippen LogP contribution in [0.15, 0.2) is 5.38 Å². The lowest BCUT2D eigenvalue weighted by atomic mass is 9.86. The highest BCUT2D eigenvalue weighted by Gasteiger charge is 2.25. The van der Waals surface area contributed by atoms with Crippen LogP contribution < -0.4 is 0 Å². The van der Waals surface area contributed by atoms with Gasteiger partial charge >= 0.3 is 0 Å². The van der Waals surface area contributed by atoms with Gasteiger partial charge in [-0.05, 0) is 30.7 Å². The van der Waals surface area contributed by atoms with E-state index >= 15 is 0 Å². The number of Topliss-reactive ketones (excluding diaryl/α,β-unsaturated/α-hetero) is 1. The largest absolute Gasteiger partial charge is 0.293 e. The smallest absolute Gasteiger partial charge is 0.177 e. The van der Waals surface area contributed by atoms with Gasteiger partial charge in [-0.2, -0.15) is 0 Å². The summed E-state index contributed by atoms with van der Waals surface area (Å²) in [6, 6.07) is 0. The van der Waals surface area contributed by atoms with E-state index in [0.29, 0.717) is 5.02 Å². The number of halogens is 1. The lowest BCUT2D eigenvalue weighted by Gasteiger charge is -2.19. The summed E-state index contributed by atoms with van der Waals surface area (Å²) in [5, 5.41) is 2.65. The molecule has 15 heavy (non-hydrogen) atoms. The molecule has 0 radical (unpaired) electrons. The highest BCUT2D eigenvalue weighted by molar-refractivity contribution is 7.13. The molecule has 1 saturated carbocycles. The molecule has 3 heteroatoms. The van der Waals surface area contributed by atoms with E-state index < -0.39 is 0 Å². The Balaban J connectivity index is 2.16. The molecule has 82 valence electrons. The molecule has 0 saturated heterocycles. The number of hydrogen-bond acceptors (Lipinski definition) is 2. The molecule has 1 aliphatic rings. The Hall–Kier alpha value is -0.340. The van der Waals surface area contributed by atoms with Crippen LogP contribution in [0.4, 0.5) is 0 Å². The zero-order chi connectivity index (χ0) is 10.8. The third-order valence-electron chi connectivity index (χ3n) is 3.10. The average molecular weight is 243 g/mol. The normalized spacial score (nSPS) is 18.0. The van der Waals surface area contributed by atoms with Gasteiger partial charge in [-0.25, -0.2) is 0 Å². The number of ketones is 1. The topological polar surface area (TPSA) is 17.1 Å². The first-order valence-electron chi connectivity index (χ1n) is 5.48. The highest BCUT2D eigenvalue weighted by Crippen LogP contribution is 2.33. The Morgan fingerprint density at radius 1 is 1.40 bits per heavy atom. The third-order valence-corrected chi connectivity index (χ3v) is 4.81. The summed E-state index contributed by atoms with van der Waals surface area (Å²) < 4.78 is 0. The summed E-state index contributed by atoms with van der Waals surface area (Å²) in [4.78, 5) is 12.9. The molecule has 1 heterocycles. The van der Waals surface area contributed by atoms with E-state index in [9.17, 15) is 4.79 Å². The molecular formula is C12H15ClOS. The molecular weight excluding hydrogens is 228 g/mol. The lowest BCUT2D eigenvalue weighted by Crippen LogP contribution is -2.17. The summed E-state index contributed by atoms with van der Waals surface area (Å²) in [5.41, 5.74) is 1.03. The van der Waals surface area contributed by atoms with Crippen molar-refractivity contribution in [3.05, 3.63) is 20.8 Å². The SMILES string of the molecule is Cc1csc(C(=O)C2CCCCC2)c1Cl. The second kappa shape index (κ2) is 4.67. The molecule has 0 amide bonds. The minimum Gasteiger partial charge on any atom is -0.293 e. The second-order valence-electron chi connectivity index (χ2n) is 4.26. The zero-order valence-electron chi connectivity index (χ0n) is 8.88. The van der Waals surface area contributed by atoms with Crippen molar-refractivity contribution in [2.45, 2.75) is 39.0 Å². The fourth-order valence-electron chi connectivity index (χ4n) is 2.15. The van der Waals surface area contributed by atoms with Gasteiger partial charge < -0.3 is 0 Å². The fourth-order valence-corrected chi connectivity index (χ4v) is 3.45. The van der Waals surface area contributed by atoms with Crippen LogP contribution in [0.1, 0.15) is 47.3 Å². The maximum atomic E-state index is 12.2. The van der Waals surface area contributed by atoms with Crippen molar-refractivity contribution in [1.29, 1.82) is 0 Å². The molecule has 1 aromatic heterocycles. The highest BCUT2D eigenvalue weighted by atomic mass is 35.5. The molecule has 0 unspecified atom stereocenters. The molecule has 0 aromatic carbocycles. The zero-order valence-corrected chi connectivity index (χ0v) is 10.5. The van der Waals surface area contributed by atoms with Crippen LogP contribution in [-0.4, -0.2) is 5.78 Å². The molecule has 1 fully saturated rings. The van der Waals surface area contributed by atoms with Crippen molar-refractivity contribution in [2.75, 3.05) is 0 Å². The summed E-state index contributed by atoms with van der Waals surface area (Å²) in [6.45, 7) is 1.95. The van der Waals surface area contributed by atoms with Crippen LogP contribution in [0.25, 0.3) is 0 Å². The van der Waals surface area contributed by atoms with Gasteiger partial charge in [-0.15, -0.1) is 11.3 Å². The molecule has 0 spiro atoms. The van der Waals surface area contributed by atoms with E-state index in [1.807, 2.05) is 12.3 Å². The van der Waals surface area contributed by atoms with Crippen molar-refractivity contribution >= 4 is 28.7 Å². The summed E-state index contributed by atoms with van der Waals surface area (Å²) in [5.74, 6) is 0.507. The maximum Gasteiger partial charge on any atom is 0.177 e. The van der Waals surface area contributed by atoms with Crippen LogP contribution in [0.5, 0.6) is 0 Å². The Morgan fingerprint density at radius 2 is 2.07 bits per heavy atom. The molecule has 0 atom stereocenters. The minimum absolute atomic E-state index is 0.231. The van der Waals surface area contributed by atoms with Gasteiger partial charge in [0, 0.05) is 5.92 Å². The summed E-state index contributed by atoms with van der Waals surface area (Å²) in [7, 11) is 0. The van der Waals surface area contributed by atoms with E-state index in [-0.39, 0.29) is 11.7 Å². The predicted octanol–water partition coefficient (Wildman–Crippen LogP) is 4.47. The first-order chi connectivity index (χ1) is 7.20. The van der Waals surface area contributed by atoms with E-state index in [0.717, 1.165) is 23.3 Å². The molecule has 0 bridgehead atoms. The van der Waals surface area contributed by atoms with Gasteiger partial charge in [0.2, 0.25) is 0 Å². The fraction of sp³-hybridized carbons (Fsp3) is 0.583. The van der Waals surface area contributed by atoms with Crippen LogP contribution in [-0.2, 0) is 0 Å². The Bertz CT molecular complexity index is 364. The van der Waals surface area contributed by atoms with Gasteiger partial charge in [0.05, 0.1) is 9.90 Å². The summed E-state index contributed by atoms with van der Waals surface area (Å²) >= 11 is 7.61. The summed E-state index contributed by atoms with van der Waals surface area (Å²) in [6.07, 6.45) is 5.76. The van der Waals surface area contributed by atoms with Gasteiger partial charge in [0.25, 0.3) is 0 Å². The van der Waals surface area contributed by atoms with Gasteiger partial charge in [-0.1, -0.05) is 30.9 Å². The number of aryl methyl sites for hydroxylation is 1. The molecule has 0 aliphatic heterocycles. The Kier molecular flexibility index (Phi) is 3.47. The molecule has 0 N–H and O–H groups in total. The number of rotatable bonds is 2. The van der Waals surface area contributed by atoms with Crippen LogP contribution in [0.3, 0.4) is 0 Å².